The van der Waals surface area contributed by atoms with E-state index in [-0.39, 0.29) is 6.54 Å². The predicted molar refractivity (Wildman–Crippen MR) is 113 cm³/mol. The van der Waals surface area contributed by atoms with Crippen LogP contribution in [0.4, 0.5) is 0 Å². The van der Waals surface area contributed by atoms with Crippen LogP contribution in [0.1, 0.15) is 38.4 Å². The fraction of sp³-hybridized carbons (Fsp3) is 0.667. The number of likely N-dealkylation sites (tertiary alicyclic amines) is 1. The third-order valence-electron chi connectivity index (χ3n) is 5.30. The molecule has 28 heavy (non-hydrogen) atoms. The Morgan fingerprint density at radius 2 is 2.14 bits per heavy atom. The van der Waals surface area contributed by atoms with Gasteiger partial charge >= 0.3 is 0 Å². The zero-order chi connectivity index (χ0) is 20.5. The van der Waals surface area contributed by atoms with Crippen LogP contribution in [-0.2, 0) is 0 Å². The van der Waals surface area contributed by atoms with Crippen molar-refractivity contribution in [2.24, 2.45) is 4.99 Å². The molecule has 1 aromatic carbocycles. The highest BCUT2D eigenvalue weighted by molar-refractivity contribution is 5.79. The van der Waals surface area contributed by atoms with E-state index in [2.05, 4.69) is 41.0 Å². The van der Waals surface area contributed by atoms with Gasteiger partial charge in [-0.3, -0.25) is 9.89 Å². The van der Waals surface area contributed by atoms with Gasteiger partial charge < -0.3 is 24.8 Å². The Kier molecular flexibility index (Phi) is 8.86. The summed E-state index contributed by atoms with van der Waals surface area (Å²) in [6.45, 7) is 8.49. The first-order valence-corrected chi connectivity index (χ1v) is 10.2. The van der Waals surface area contributed by atoms with Crippen molar-refractivity contribution in [2.45, 2.75) is 38.8 Å². The zero-order valence-electron chi connectivity index (χ0n) is 17.9. The molecule has 1 saturated heterocycles. The van der Waals surface area contributed by atoms with Crippen LogP contribution in [-0.4, -0.2) is 80.9 Å². The van der Waals surface area contributed by atoms with Gasteiger partial charge in [0, 0.05) is 31.7 Å². The Bertz CT molecular complexity index is 638. The van der Waals surface area contributed by atoms with Gasteiger partial charge in [0.05, 0.1) is 20.8 Å². The number of benzene rings is 1. The lowest BCUT2D eigenvalue weighted by Crippen LogP contribution is -2.46. The molecule has 1 aliphatic rings. The molecule has 1 fully saturated rings. The molecule has 0 bridgehead atoms. The normalized spacial score (nSPS) is 18.8. The van der Waals surface area contributed by atoms with E-state index in [4.69, 9.17) is 9.47 Å². The van der Waals surface area contributed by atoms with Crippen molar-refractivity contribution in [2.75, 3.05) is 54.0 Å². The van der Waals surface area contributed by atoms with E-state index in [9.17, 15) is 5.11 Å². The van der Waals surface area contributed by atoms with Gasteiger partial charge in [-0.05, 0) is 51.1 Å². The number of aliphatic hydroxyl groups is 1. The Hall–Kier alpha value is -1.99. The molecule has 2 unspecified atom stereocenters. The van der Waals surface area contributed by atoms with Crippen molar-refractivity contribution in [1.82, 2.24) is 15.1 Å². The van der Waals surface area contributed by atoms with Crippen LogP contribution in [0.5, 0.6) is 11.5 Å². The van der Waals surface area contributed by atoms with Crippen molar-refractivity contribution in [3.63, 3.8) is 0 Å². The topological polar surface area (TPSA) is 69.6 Å². The second-order valence-corrected chi connectivity index (χ2v) is 7.12. The molecule has 0 radical (unpaired) electrons. The number of guanidine groups is 1. The van der Waals surface area contributed by atoms with E-state index in [1.54, 1.807) is 26.4 Å². The predicted octanol–water partition coefficient (Wildman–Crippen LogP) is 2.12. The largest absolute Gasteiger partial charge is 0.497 e. The maximum Gasteiger partial charge on any atom is 0.193 e. The van der Waals surface area contributed by atoms with Crippen LogP contribution < -0.4 is 14.8 Å². The molecule has 7 nitrogen and oxygen atoms in total. The molecule has 1 aliphatic heterocycles. The quantitative estimate of drug-likeness (QED) is 0.496. The van der Waals surface area contributed by atoms with Crippen molar-refractivity contribution in [3.8, 4) is 11.5 Å². The lowest BCUT2D eigenvalue weighted by Gasteiger charge is -2.30. The number of nitrogens with one attached hydrogen (secondary N) is 1. The van der Waals surface area contributed by atoms with Gasteiger partial charge in [0.2, 0.25) is 0 Å². The Morgan fingerprint density at radius 3 is 2.79 bits per heavy atom. The molecule has 7 heteroatoms. The monoisotopic (exact) mass is 392 g/mol. The molecule has 158 valence electrons. The van der Waals surface area contributed by atoms with E-state index >= 15 is 0 Å². The Morgan fingerprint density at radius 1 is 1.36 bits per heavy atom. The standard InChI is InChI=1S/C21H36N4O3/c1-6-22-21(24(3)15-16-9-8-12-25(16)7-2)23-14-19(26)18-13-17(27-4)10-11-20(18)28-5/h10-11,13,16,19,26H,6-9,12,14-15H2,1-5H3,(H,22,23). The minimum atomic E-state index is -0.772. The van der Waals surface area contributed by atoms with Crippen LogP contribution in [0.25, 0.3) is 0 Å². The minimum absolute atomic E-state index is 0.248. The molecule has 0 aliphatic carbocycles. The van der Waals surface area contributed by atoms with Gasteiger partial charge in [-0.15, -0.1) is 0 Å². The Labute approximate surface area is 169 Å². The van der Waals surface area contributed by atoms with E-state index < -0.39 is 6.10 Å². The number of methoxy groups -OCH3 is 2. The summed E-state index contributed by atoms with van der Waals surface area (Å²) in [6, 6.07) is 5.98. The van der Waals surface area contributed by atoms with Crippen molar-refractivity contribution in [1.29, 1.82) is 0 Å². The summed E-state index contributed by atoms with van der Waals surface area (Å²) in [5, 5.41) is 14.1. The first-order valence-electron chi connectivity index (χ1n) is 10.2. The number of aliphatic imine (C=N–C) groups is 1. The summed E-state index contributed by atoms with van der Waals surface area (Å²) in [6.07, 6.45) is 1.71. The second-order valence-electron chi connectivity index (χ2n) is 7.12. The smallest absolute Gasteiger partial charge is 0.193 e. The van der Waals surface area contributed by atoms with Crippen molar-refractivity contribution in [3.05, 3.63) is 23.8 Å². The second kappa shape index (κ2) is 11.1. The molecule has 1 heterocycles. The molecule has 2 atom stereocenters. The molecule has 2 rings (SSSR count). The first kappa shape index (κ1) is 22.3. The lowest BCUT2D eigenvalue weighted by molar-refractivity contribution is 0.181. The summed E-state index contributed by atoms with van der Waals surface area (Å²) in [5.41, 5.74) is 0.678. The zero-order valence-corrected chi connectivity index (χ0v) is 17.9. The maximum atomic E-state index is 10.7. The van der Waals surface area contributed by atoms with Gasteiger partial charge in [0.25, 0.3) is 0 Å². The molecule has 0 saturated carbocycles. The SMILES string of the molecule is CCNC(=NCC(O)c1cc(OC)ccc1OC)N(C)CC1CCCN1CC. The first-order chi connectivity index (χ1) is 13.5. The molecule has 0 spiro atoms. The number of nitrogens with zero attached hydrogens (tertiary/aromatic N) is 3. The van der Waals surface area contributed by atoms with Gasteiger partial charge in [0.1, 0.15) is 17.6 Å². The highest BCUT2D eigenvalue weighted by atomic mass is 16.5. The third kappa shape index (κ3) is 5.75. The maximum absolute atomic E-state index is 10.7. The summed E-state index contributed by atoms with van der Waals surface area (Å²) >= 11 is 0. The number of ether oxygens (including phenoxy) is 2. The number of aliphatic hydroxyl groups excluding tert-OH is 1. The van der Waals surface area contributed by atoms with Gasteiger partial charge in [-0.2, -0.15) is 0 Å². The highest BCUT2D eigenvalue weighted by Gasteiger charge is 2.25. The van der Waals surface area contributed by atoms with Crippen molar-refractivity contribution >= 4 is 5.96 Å². The summed E-state index contributed by atoms with van der Waals surface area (Å²) in [7, 11) is 5.27. The van der Waals surface area contributed by atoms with E-state index in [0.29, 0.717) is 23.1 Å². The number of hydrogen-bond acceptors (Lipinski definition) is 5. The van der Waals surface area contributed by atoms with Gasteiger partial charge in [-0.1, -0.05) is 6.92 Å². The molecule has 1 aromatic rings. The van der Waals surface area contributed by atoms with Crippen LogP contribution in [0, 0.1) is 0 Å². The average molecular weight is 393 g/mol. The third-order valence-corrected chi connectivity index (χ3v) is 5.30. The van der Waals surface area contributed by atoms with E-state index in [0.717, 1.165) is 25.6 Å². The van der Waals surface area contributed by atoms with Crippen LogP contribution in [0.2, 0.25) is 0 Å². The molecule has 2 N–H and O–H groups in total. The Balaban J connectivity index is 2.09. The average Bonchev–Trinajstić information content (AvgIpc) is 3.17. The van der Waals surface area contributed by atoms with Crippen LogP contribution >= 0.6 is 0 Å². The number of rotatable bonds is 9. The molecular formula is C21H36N4O3. The van der Waals surface area contributed by atoms with E-state index in [1.807, 2.05) is 6.07 Å². The summed E-state index contributed by atoms with van der Waals surface area (Å²) in [4.78, 5) is 9.37. The van der Waals surface area contributed by atoms with Crippen LogP contribution in [0.15, 0.2) is 23.2 Å². The fourth-order valence-corrected chi connectivity index (χ4v) is 3.76. The number of hydrogen-bond donors (Lipinski definition) is 2. The molecule has 0 amide bonds. The van der Waals surface area contributed by atoms with Gasteiger partial charge in [-0.25, -0.2) is 0 Å². The van der Waals surface area contributed by atoms with Crippen LogP contribution in [0.3, 0.4) is 0 Å². The number of likely N-dealkylation sites (N-methyl/N-ethyl adjacent to an activating group) is 2. The van der Waals surface area contributed by atoms with Gasteiger partial charge in [0.15, 0.2) is 5.96 Å². The van der Waals surface area contributed by atoms with Crippen molar-refractivity contribution < 1.29 is 14.6 Å². The lowest BCUT2D eigenvalue weighted by atomic mass is 10.1. The molecular weight excluding hydrogens is 356 g/mol. The summed E-state index contributed by atoms with van der Waals surface area (Å²) in [5.74, 6) is 2.13. The summed E-state index contributed by atoms with van der Waals surface area (Å²) < 4.78 is 10.7. The molecule has 0 aromatic heterocycles. The minimum Gasteiger partial charge on any atom is -0.497 e. The van der Waals surface area contributed by atoms with E-state index in [1.165, 1.54) is 19.4 Å². The fourth-order valence-electron chi connectivity index (χ4n) is 3.76. The highest BCUT2D eigenvalue weighted by Crippen LogP contribution is 2.29.